The van der Waals surface area contributed by atoms with E-state index in [4.69, 9.17) is 14.9 Å². The number of amides is 2. The number of carboxylic acids is 1. The van der Waals surface area contributed by atoms with Gasteiger partial charge >= 0.3 is 12.0 Å². The number of aliphatic hydroxyl groups excluding tert-OH is 1. The highest BCUT2D eigenvalue weighted by Crippen LogP contribution is 2.31. The van der Waals surface area contributed by atoms with E-state index in [1.165, 1.54) is 0 Å². The number of carbonyl (C=O) groups is 2. The van der Waals surface area contributed by atoms with Crippen molar-refractivity contribution in [3.8, 4) is 0 Å². The van der Waals surface area contributed by atoms with Gasteiger partial charge in [-0.25, -0.2) is 9.59 Å². The standard InChI is InChI=1S/C13H24N2O5/c1-3-13(4-2)7-9(5-6-20-13)14-12(19)15-10(8-16)11(17)18/h9-10,16H,3-8H2,1-2H3,(H,17,18)(H2,14,15,19)/t9?,10-/m0/s1. The Bertz CT molecular complexity index is 344. The Morgan fingerprint density at radius 2 is 2.05 bits per heavy atom. The maximum Gasteiger partial charge on any atom is 0.328 e. The van der Waals surface area contributed by atoms with E-state index < -0.39 is 24.6 Å². The lowest BCUT2D eigenvalue weighted by Crippen LogP contribution is -2.54. The third kappa shape index (κ3) is 4.35. The van der Waals surface area contributed by atoms with E-state index >= 15 is 0 Å². The molecule has 1 saturated heterocycles. The quantitative estimate of drug-likeness (QED) is 0.568. The molecular weight excluding hydrogens is 264 g/mol. The van der Waals surface area contributed by atoms with Crippen molar-refractivity contribution < 1.29 is 24.5 Å². The zero-order valence-electron chi connectivity index (χ0n) is 12.0. The Labute approximate surface area is 118 Å². The van der Waals surface area contributed by atoms with E-state index in [1.807, 2.05) is 0 Å². The molecule has 0 radical (unpaired) electrons. The molecule has 1 fully saturated rings. The van der Waals surface area contributed by atoms with E-state index in [2.05, 4.69) is 24.5 Å². The molecule has 116 valence electrons. The molecule has 7 nitrogen and oxygen atoms in total. The minimum Gasteiger partial charge on any atom is -0.480 e. The zero-order valence-corrected chi connectivity index (χ0v) is 12.0. The topological polar surface area (TPSA) is 108 Å². The summed E-state index contributed by atoms with van der Waals surface area (Å²) in [6.07, 6.45) is 3.16. The minimum atomic E-state index is -1.28. The van der Waals surface area contributed by atoms with Crippen LogP contribution in [0.25, 0.3) is 0 Å². The highest BCUT2D eigenvalue weighted by atomic mass is 16.5. The first-order valence-corrected chi connectivity index (χ1v) is 7.01. The minimum absolute atomic E-state index is 0.0446. The Morgan fingerprint density at radius 3 is 2.55 bits per heavy atom. The van der Waals surface area contributed by atoms with Crippen molar-refractivity contribution in [1.82, 2.24) is 10.6 Å². The molecule has 0 aromatic rings. The second kappa shape index (κ2) is 7.44. The van der Waals surface area contributed by atoms with Crippen molar-refractivity contribution >= 4 is 12.0 Å². The number of carbonyl (C=O) groups excluding carboxylic acids is 1. The highest BCUT2D eigenvalue weighted by molar-refractivity contribution is 5.82. The molecule has 0 aromatic carbocycles. The number of hydrogen-bond acceptors (Lipinski definition) is 4. The molecule has 1 aliphatic rings. The Morgan fingerprint density at radius 1 is 1.40 bits per heavy atom. The van der Waals surface area contributed by atoms with Gasteiger partial charge in [0.15, 0.2) is 6.04 Å². The van der Waals surface area contributed by atoms with Gasteiger partial charge in [-0.15, -0.1) is 0 Å². The summed E-state index contributed by atoms with van der Waals surface area (Å²) in [5, 5.41) is 22.6. The van der Waals surface area contributed by atoms with Gasteiger partial charge in [0, 0.05) is 12.6 Å². The van der Waals surface area contributed by atoms with Gasteiger partial charge < -0.3 is 25.6 Å². The van der Waals surface area contributed by atoms with Crippen molar-refractivity contribution in [2.75, 3.05) is 13.2 Å². The molecule has 0 bridgehead atoms. The predicted octanol–water partition coefficient (Wildman–Crippen LogP) is 0.469. The average molecular weight is 288 g/mol. The molecule has 0 spiro atoms. The molecule has 2 atom stereocenters. The fourth-order valence-electron chi connectivity index (χ4n) is 2.46. The molecule has 1 heterocycles. The van der Waals surface area contributed by atoms with E-state index in [0.29, 0.717) is 19.4 Å². The fraction of sp³-hybridized carbons (Fsp3) is 0.846. The molecule has 4 N–H and O–H groups in total. The number of aliphatic hydroxyl groups is 1. The van der Waals surface area contributed by atoms with Crippen LogP contribution in [0, 0.1) is 0 Å². The second-order valence-corrected chi connectivity index (χ2v) is 5.12. The molecule has 1 rings (SSSR count). The lowest BCUT2D eigenvalue weighted by molar-refractivity contribution is -0.140. The third-order valence-corrected chi connectivity index (χ3v) is 3.90. The summed E-state index contributed by atoms with van der Waals surface area (Å²) in [6.45, 7) is 4.05. The largest absolute Gasteiger partial charge is 0.480 e. The summed E-state index contributed by atoms with van der Waals surface area (Å²) in [6, 6.07) is -1.90. The summed E-state index contributed by atoms with van der Waals surface area (Å²) < 4.78 is 5.81. The Kier molecular flexibility index (Phi) is 6.22. The van der Waals surface area contributed by atoms with Gasteiger partial charge in [0.05, 0.1) is 12.2 Å². The van der Waals surface area contributed by atoms with Gasteiger partial charge in [-0.3, -0.25) is 0 Å². The summed E-state index contributed by atoms with van der Waals surface area (Å²) in [5.74, 6) is -1.26. The van der Waals surface area contributed by atoms with E-state index in [-0.39, 0.29) is 11.6 Å². The van der Waals surface area contributed by atoms with Crippen molar-refractivity contribution in [2.45, 2.75) is 57.2 Å². The highest BCUT2D eigenvalue weighted by Gasteiger charge is 2.35. The van der Waals surface area contributed by atoms with Crippen molar-refractivity contribution in [2.24, 2.45) is 0 Å². The number of rotatable bonds is 6. The normalized spacial score (nSPS) is 22.9. The Balaban J connectivity index is 2.51. The maximum absolute atomic E-state index is 11.7. The number of ether oxygens (including phenoxy) is 1. The van der Waals surface area contributed by atoms with Gasteiger partial charge in [0.1, 0.15) is 0 Å². The van der Waals surface area contributed by atoms with Crippen LogP contribution >= 0.6 is 0 Å². The average Bonchev–Trinajstić information content (AvgIpc) is 2.44. The first-order valence-electron chi connectivity index (χ1n) is 7.01. The predicted molar refractivity (Wildman–Crippen MR) is 72.5 cm³/mol. The van der Waals surface area contributed by atoms with E-state index in [1.54, 1.807) is 0 Å². The Hall–Kier alpha value is -1.34. The molecule has 0 saturated carbocycles. The van der Waals surface area contributed by atoms with Crippen LogP contribution in [0.3, 0.4) is 0 Å². The van der Waals surface area contributed by atoms with Gasteiger partial charge in [-0.05, 0) is 25.7 Å². The number of urea groups is 1. The lowest BCUT2D eigenvalue weighted by atomic mass is 9.86. The van der Waals surface area contributed by atoms with Crippen LogP contribution in [-0.4, -0.2) is 53.1 Å². The summed E-state index contributed by atoms with van der Waals surface area (Å²) in [5.41, 5.74) is -0.209. The first kappa shape index (κ1) is 16.7. The molecule has 20 heavy (non-hydrogen) atoms. The van der Waals surface area contributed by atoms with Crippen molar-refractivity contribution in [3.05, 3.63) is 0 Å². The van der Waals surface area contributed by atoms with Gasteiger partial charge in [-0.1, -0.05) is 13.8 Å². The second-order valence-electron chi connectivity index (χ2n) is 5.12. The molecule has 1 aliphatic heterocycles. The van der Waals surface area contributed by atoms with Crippen molar-refractivity contribution in [1.29, 1.82) is 0 Å². The van der Waals surface area contributed by atoms with Gasteiger partial charge in [0.2, 0.25) is 0 Å². The molecular formula is C13H24N2O5. The van der Waals surface area contributed by atoms with Crippen LogP contribution in [0.5, 0.6) is 0 Å². The zero-order chi connectivity index (χ0) is 15.2. The first-order chi connectivity index (χ1) is 9.46. The monoisotopic (exact) mass is 288 g/mol. The fourth-order valence-corrected chi connectivity index (χ4v) is 2.46. The van der Waals surface area contributed by atoms with E-state index in [9.17, 15) is 9.59 Å². The number of nitrogens with one attached hydrogen (secondary N) is 2. The third-order valence-electron chi connectivity index (χ3n) is 3.90. The van der Waals surface area contributed by atoms with Crippen LogP contribution in [0.2, 0.25) is 0 Å². The van der Waals surface area contributed by atoms with Gasteiger partial charge in [-0.2, -0.15) is 0 Å². The number of carboxylic acid groups (broad SMARTS) is 1. The lowest BCUT2D eigenvalue weighted by Gasteiger charge is -2.40. The summed E-state index contributed by atoms with van der Waals surface area (Å²) in [4.78, 5) is 22.5. The molecule has 0 aromatic heterocycles. The van der Waals surface area contributed by atoms with Crippen LogP contribution in [0.1, 0.15) is 39.5 Å². The van der Waals surface area contributed by atoms with Crippen LogP contribution in [0.15, 0.2) is 0 Å². The van der Waals surface area contributed by atoms with Crippen LogP contribution in [-0.2, 0) is 9.53 Å². The summed E-state index contributed by atoms with van der Waals surface area (Å²) >= 11 is 0. The SMILES string of the molecule is CCC1(CC)CC(NC(=O)N[C@@H](CO)C(=O)O)CCO1. The van der Waals surface area contributed by atoms with E-state index in [0.717, 1.165) is 12.8 Å². The molecule has 2 amide bonds. The van der Waals surface area contributed by atoms with Crippen molar-refractivity contribution in [3.63, 3.8) is 0 Å². The molecule has 7 heteroatoms. The maximum atomic E-state index is 11.7. The van der Waals surface area contributed by atoms with Gasteiger partial charge in [0.25, 0.3) is 0 Å². The smallest absolute Gasteiger partial charge is 0.328 e. The van der Waals surface area contributed by atoms with Crippen LogP contribution < -0.4 is 10.6 Å². The van der Waals surface area contributed by atoms with Crippen LogP contribution in [0.4, 0.5) is 4.79 Å². The number of hydrogen-bond donors (Lipinski definition) is 4. The molecule has 1 unspecified atom stereocenters. The summed E-state index contributed by atoms with van der Waals surface area (Å²) in [7, 11) is 0. The molecule has 0 aliphatic carbocycles. The number of aliphatic carboxylic acids is 1.